The van der Waals surface area contributed by atoms with Gasteiger partial charge in [-0.25, -0.2) is 4.57 Å². The molecule has 0 aromatic heterocycles. The van der Waals surface area contributed by atoms with Crippen molar-refractivity contribution < 1.29 is 52.6 Å². The van der Waals surface area contributed by atoms with Gasteiger partial charge in [-0.15, -0.1) is 0 Å². The first-order valence-electron chi connectivity index (χ1n) is 20.9. The van der Waals surface area contributed by atoms with Crippen molar-refractivity contribution in [2.45, 2.75) is 180 Å². The number of hydrogen-bond donors (Lipinski definition) is 4. The van der Waals surface area contributed by atoms with Crippen LogP contribution in [0.4, 0.5) is 0 Å². The van der Waals surface area contributed by atoms with E-state index in [-0.39, 0.29) is 50.7 Å². The predicted molar refractivity (Wildman–Crippen MR) is 211 cm³/mol. The quantitative estimate of drug-likeness (QED) is 0.0209. The molecule has 0 amide bonds. The number of hydrogen-bond acceptors (Lipinski definition) is 11. The zero-order chi connectivity index (χ0) is 39.9. The predicted octanol–water partition coefficient (Wildman–Crippen LogP) is 8.20. The van der Waals surface area contributed by atoms with Crippen LogP contribution in [-0.4, -0.2) is 77.5 Å². The number of phosphoric acid groups is 1. The number of aliphatic hydroxyl groups is 2. The van der Waals surface area contributed by atoms with Crippen LogP contribution in [0, 0.1) is 11.8 Å². The van der Waals surface area contributed by atoms with Crippen molar-refractivity contribution in [1.82, 2.24) is 0 Å². The molecule has 1 aliphatic rings. The standard InChI is InChI=1S/C41H74NO11P/c1-3-5-7-8-9-10-11-12-13-14-15-16-21-25-40(46)50-32-35(33-52-54(48,49)51-30-29-42)53-41(47)26-22-18-17-20-24-36-37(39(45)31-38(36)44)28-27-34(43)23-19-6-4-2/h10-11,27-28,34-38,43-44H,3-9,12-26,29-33,42H2,1-2H3,(H,48,49)/b11-10-,28-27+/t34-,35+,36+,37+,38-/m0/s1. The van der Waals surface area contributed by atoms with Gasteiger partial charge in [-0.2, -0.15) is 0 Å². The van der Waals surface area contributed by atoms with Gasteiger partial charge >= 0.3 is 19.8 Å². The first-order valence-corrected chi connectivity index (χ1v) is 22.4. The molecule has 0 aromatic carbocycles. The highest BCUT2D eigenvalue weighted by molar-refractivity contribution is 7.47. The van der Waals surface area contributed by atoms with Gasteiger partial charge in [0.25, 0.3) is 0 Å². The highest BCUT2D eigenvalue weighted by Gasteiger charge is 2.39. The third-order valence-corrected chi connectivity index (χ3v) is 10.7. The van der Waals surface area contributed by atoms with E-state index in [9.17, 15) is 34.1 Å². The molecule has 0 aliphatic heterocycles. The minimum absolute atomic E-state index is 0.00223. The van der Waals surface area contributed by atoms with Gasteiger partial charge in [-0.1, -0.05) is 115 Å². The number of Topliss-reactive ketones (excluding diaryl/α,β-unsaturated/α-hetero) is 1. The van der Waals surface area contributed by atoms with Crippen LogP contribution in [-0.2, 0) is 37.5 Å². The topological polar surface area (TPSA) is 192 Å². The molecule has 0 saturated heterocycles. The monoisotopic (exact) mass is 787 g/mol. The van der Waals surface area contributed by atoms with E-state index in [2.05, 4.69) is 26.0 Å². The molecule has 54 heavy (non-hydrogen) atoms. The Hall–Kier alpha value is -1.92. The fourth-order valence-electron chi connectivity index (χ4n) is 6.53. The molecule has 5 N–H and O–H groups in total. The number of carbonyl (C=O) groups is 3. The third kappa shape index (κ3) is 26.0. The number of aliphatic hydroxyl groups excluding tert-OH is 2. The summed E-state index contributed by atoms with van der Waals surface area (Å²) < 4.78 is 32.7. The number of esters is 2. The average Bonchev–Trinajstić information content (AvgIpc) is 3.41. The van der Waals surface area contributed by atoms with E-state index in [0.29, 0.717) is 32.1 Å². The number of unbranched alkanes of at least 4 members (excludes halogenated alkanes) is 14. The molecule has 0 radical (unpaired) electrons. The van der Waals surface area contributed by atoms with Crippen molar-refractivity contribution in [2.75, 3.05) is 26.4 Å². The minimum atomic E-state index is -4.44. The minimum Gasteiger partial charge on any atom is -0.462 e. The molecule has 1 rings (SSSR count). The molecular formula is C41H74NO11P. The lowest BCUT2D eigenvalue weighted by atomic mass is 9.88. The maximum atomic E-state index is 12.7. The summed E-state index contributed by atoms with van der Waals surface area (Å²) in [5.74, 6) is -1.59. The molecular weight excluding hydrogens is 713 g/mol. The van der Waals surface area contributed by atoms with Crippen LogP contribution in [0.1, 0.15) is 162 Å². The van der Waals surface area contributed by atoms with Gasteiger partial charge in [0, 0.05) is 31.7 Å². The number of ether oxygens (including phenoxy) is 2. The lowest BCUT2D eigenvalue weighted by Crippen LogP contribution is -2.29. The van der Waals surface area contributed by atoms with Crippen LogP contribution in [0.2, 0.25) is 0 Å². The van der Waals surface area contributed by atoms with Gasteiger partial charge < -0.3 is 30.3 Å². The van der Waals surface area contributed by atoms with Crippen LogP contribution >= 0.6 is 7.82 Å². The number of phosphoric ester groups is 1. The number of rotatable bonds is 35. The largest absolute Gasteiger partial charge is 0.472 e. The van der Waals surface area contributed by atoms with E-state index in [1.807, 2.05) is 0 Å². The van der Waals surface area contributed by atoms with E-state index < -0.39 is 50.6 Å². The smallest absolute Gasteiger partial charge is 0.462 e. The van der Waals surface area contributed by atoms with Crippen molar-refractivity contribution in [3.05, 3.63) is 24.3 Å². The number of allylic oxidation sites excluding steroid dienone is 3. The van der Waals surface area contributed by atoms with Crippen molar-refractivity contribution in [1.29, 1.82) is 0 Å². The molecule has 1 fully saturated rings. The lowest BCUT2D eigenvalue weighted by Gasteiger charge is -2.20. The molecule has 1 unspecified atom stereocenters. The van der Waals surface area contributed by atoms with Gasteiger partial charge in [-0.05, 0) is 57.3 Å². The van der Waals surface area contributed by atoms with Crippen molar-refractivity contribution in [3.8, 4) is 0 Å². The van der Waals surface area contributed by atoms with Crippen LogP contribution in [0.3, 0.4) is 0 Å². The molecule has 6 atom stereocenters. The van der Waals surface area contributed by atoms with Crippen molar-refractivity contribution >= 4 is 25.5 Å². The maximum absolute atomic E-state index is 12.7. The summed E-state index contributed by atoms with van der Waals surface area (Å²) in [5.41, 5.74) is 5.33. The molecule has 0 aromatic rings. The van der Waals surface area contributed by atoms with E-state index in [1.165, 1.54) is 25.7 Å². The highest BCUT2D eigenvalue weighted by atomic mass is 31.2. The first-order chi connectivity index (χ1) is 26.0. The number of carbonyl (C=O) groups excluding carboxylic acids is 3. The summed E-state index contributed by atoms with van der Waals surface area (Å²) in [5, 5.41) is 20.7. The molecule has 314 valence electrons. The Morgan fingerprint density at radius 3 is 2.09 bits per heavy atom. The van der Waals surface area contributed by atoms with E-state index in [4.69, 9.17) is 24.3 Å². The Morgan fingerprint density at radius 2 is 1.43 bits per heavy atom. The second kappa shape index (κ2) is 32.2. The molecule has 0 heterocycles. The van der Waals surface area contributed by atoms with Crippen molar-refractivity contribution in [2.24, 2.45) is 17.6 Å². The molecule has 0 bridgehead atoms. The van der Waals surface area contributed by atoms with Gasteiger partial charge in [0.15, 0.2) is 6.10 Å². The molecule has 12 nitrogen and oxygen atoms in total. The van der Waals surface area contributed by atoms with Crippen LogP contribution in [0.15, 0.2) is 24.3 Å². The second-order valence-corrected chi connectivity index (χ2v) is 16.1. The van der Waals surface area contributed by atoms with Crippen LogP contribution in [0.5, 0.6) is 0 Å². The first kappa shape index (κ1) is 50.1. The van der Waals surface area contributed by atoms with E-state index >= 15 is 0 Å². The summed E-state index contributed by atoms with van der Waals surface area (Å²) in [6.45, 7) is 3.32. The number of ketones is 1. The number of nitrogens with two attached hydrogens (primary N) is 1. The van der Waals surface area contributed by atoms with Gasteiger partial charge in [-0.3, -0.25) is 23.4 Å². The summed E-state index contributed by atoms with van der Waals surface area (Å²) in [4.78, 5) is 47.5. The fourth-order valence-corrected chi connectivity index (χ4v) is 7.30. The van der Waals surface area contributed by atoms with Crippen molar-refractivity contribution in [3.63, 3.8) is 0 Å². The molecule has 0 spiro atoms. The van der Waals surface area contributed by atoms with E-state index in [1.54, 1.807) is 12.2 Å². The Labute approximate surface area is 325 Å². The summed E-state index contributed by atoms with van der Waals surface area (Å²) in [6, 6.07) is 0. The Kier molecular flexibility index (Phi) is 29.9. The highest BCUT2D eigenvalue weighted by Crippen LogP contribution is 2.43. The Bertz CT molecular complexity index is 1100. The normalized spacial score (nSPS) is 19.7. The SMILES string of the molecule is CCCCCC/C=C\CCCCCCCC(=O)OC[C@H](COP(=O)(O)OCCN)OC(=O)CCCCCC[C@H]1[C@@H](O)CC(=O)[C@@H]1/C=C/[C@@H](O)CCCCC. The summed E-state index contributed by atoms with van der Waals surface area (Å²) >= 11 is 0. The molecule has 13 heteroatoms. The third-order valence-electron chi connectivity index (χ3n) is 9.72. The van der Waals surface area contributed by atoms with Crippen LogP contribution in [0.25, 0.3) is 0 Å². The Balaban J connectivity index is 2.42. The van der Waals surface area contributed by atoms with Gasteiger partial charge in [0.1, 0.15) is 12.4 Å². The average molecular weight is 788 g/mol. The lowest BCUT2D eigenvalue weighted by molar-refractivity contribution is -0.161. The molecule has 1 aliphatic carbocycles. The maximum Gasteiger partial charge on any atom is 0.472 e. The summed E-state index contributed by atoms with van der Waals surface area (Å²) in [6.07, 6.45) is 25.4. The van der Waals surface area contributed by atoms with E-state index in [0.717, 1.165) is 70.6 Å². The van der Waals surface area contributed by atoms with Gasteiger partial charge in [0.2, 0.25) is 0 Å². The second-order valence-electron chi connectivity index (χ2n) is 14.6. The van der Waals surface area contributed by atoms with Gasteiger partial charge in [0.05, 0.1) is 25.4 Å². The Morgan fingerprint density at radius 1 is 0.833 bits per heavy atom. The fraction of sp³-hybridized carbons (Fsp3) is 0.829. The summed E-state index contributed by atoms with van der Waals surface area (Å²) in [7, 11) is -4.44. The van der Waals surface area contributed by atoms with Crippen LogP contribution < -0.4 is 5.73 Å². The zero-order valence-corrected chi connectivity index (χ0v) is 34.3. The molecule has 1 saturated carbocycles. The zero-order valence-electron chi connectivity index (χ0n) is 33.4.